The Balaban J connectivity index is 2.16. The SMILES string of the molecule is CC(C)c1cc(C(=O)NC2(C)CCCOC2)cc(N)n1. The number of ether oxygens (including phenoxy) is 1. The molecule has 5 heteroatoms. The Labute approximate surface area is 119 Å². The Bertz CT molecular complexity index is 494. The molecule has 20 heavy (non-hydrogen) atoms. The molecule has 1 amide bonds. The summed E-state index contributed by atoms with van der Waals surface area (Å²) in [5.41, 5.74) is 6.88. The molecule has 3 N–H and O–H groups in total. The lowest BCUT2D eigenvalue weighted by atomic mass is 9.94. The van der Waals surface area contributed by atoms with Crippen molar-refractivity contribution in [1.29, 1.82) is 0 Å². The highest BCUT2D eigenvalue weighted by atomic mass is 16.5. The number of hydrogen-bond acceptors (Lipinski definition) is 4. The zero-order chi connectivity index (χ0) is 14.8. The van der Waals surface area contributed by atoms with Crippen LogP contribution in [0.3, 0.4) is 0 Å². The number of nitrogen functional groups attached to an aromatic ring is 1. The number of nitrogens with one attached hydrogen (secondary N) is 1. The lowest BCUT2D eigenvalue weighted by molar-refractivity contribution is 0.0272. The Kier molecular flexibility index (Phi) is 4.28. The van der Waals surface area contributed by atoms with Gasteiger partial charge in [0.15, 0.2) is 0 Å². The van der Waals surface area contributed by atoms with E-state index in [-0.39, 0.29) is 17.4 Å². The molecule has 0 bridgehead atoms. The van der Waals surface area contributed by atoms with Crippen molar-refractivity contribution in [2.45, 2.75) is 45.1 Å². The Morgan fingerprint density at radius 2 is 2.25 bits per heavy atom. The van der Waals surface area contributed by atoms with Crippen LogP contribution in [0, 0.1) is 0 Å². The lowest BCUT2D eigenvalue weighted by Gasteiger charge is -2.34. The third-order valence-electron chi connectivity index (χ3n) is 3.57. The molecule has 110 valence electrons. The summed E-state index contributed by atoms with van der Waals surface area (Å²) >= 11 is 0. The fourth-order valence-electron chi connectivity index (χ4n) is 2.38. The van der Waals surface area contributed by atoms with E-state index in [0.717, 1.165) is 25.1 Å². The van der Waals surface area contributed by atoms with Crippen LogP contribution in [0.1, 0.15) is 55.6 Å². The number of pyridine rings is 1. The van der Waals surface area contributed by atoms with Gasteiger partial charge >= 0.3 is 0 Å². The number of carbonyl (C=O) groups excluding carboxylic acids is 1. The summed E-state index contributed by atoms with van der Waals surface area (Å²) < 4.78 is 5.46. The maximum atomic E-state index is 12.4. The Hall–Kier alpha value is -1.62. The number of aromatic nitrogens is 1. The van der Waals surface area contributed by atoms with Gasteiger partial charge in [-0.1, -0.05) is 13.8 Å². The third kappa shape index (κ3) is 3.48. The zero-order valence-electron chi connectivity index (χ0n) is 12.4. The third-order valence-corrected chi connectivity index (χ3v) is 3.57. The van der Waals surface area contributed by atoms with Gasteiger partial charge in [-0.15, -0.1) is 0 Å². The van der Waals surface area contributed by atoms with Gasteiger partial charge < -0.3 is 15.8 Å². The smallest absolute Gasteiger partial charge is 0.251 e. The van der Waals surface area contributed by atoms with E-state index in [2.05, 4.69) is 10.3 Å². The van der Waals surface area contributed by atoms with Crippen LogP contribution in [-0.2, 0) is 4.74 Å². The molecule has 1 aromatic heterocycles. The fourth-order valence-corrected chi connectivity index (χ4v) is 2.38. The van der Waals surface area contributed by atoms with Gasteiger partial charge in [0, 0.05) is 17.9 Å². The number of rotatable bonds is 3. The predicted molar refractivity (Wildman–Crippen MR) is 78.7 cm³/mol. The molecule has 1 unspecified atom stereocenters. The quantitative estimate of drug-likeness (QED) is 0.887. The highest BCUT2D eigenvalue weighted by Crippen LogP contribution is 2.20. The van der Waals surface area contributed by atoms with Gasteiger partial charge in [-0.05, 0) is 37.8 Å². The van der Waals surface area contributed by atoms with Crippen molar-refractivity contribution in [2.24, 2.45) is 0 Å². The predicted octanol–water partition coefficient (Wildman–Crippen LogP) is 2.09. The van der Waals surface area contributed by atoms with Crippen molar-refractivity contribution in [3.05, 3.63) is 23.4 Å². The molecular weight excluding hydrogens is 254 g/mol. The molecule has 0 saturated carbocycles. The highest BCUT2D eigenvalue weighted by molar-refractivity contribution is 5.95. The van der Waals surface area contributed by atoms with Gasteiger partial charge in [-0.2, -0.15) is 0 Å². The van der Waals surface area contributed by atoms with Gasteiger partial charge in [0.25, 0.3) is 5.91 Å². The Morgan fingerprint density at radius 3 is 2.85 bits per heavy atom. The molecule has 1 aromatic rings. The Morgan fingerprint density at radius 1 is 1.50 bits per heavy atom. The fraction of sp³-hybridized carbons (Fsp3) is 0.600. The minimum Gasteiger partial charge on any atom is -0.384 e. The first-order valence-electron chi connectivity index (χ1n) is 7.07. The number of amides is 1. The molecule has 0 spiro atoms. The van der Waals surface area contributed by atoms with E-state index in [0.29, 0.717) is 18.0 Å². The van der Waals surface area contributed by atoms with Gasteiger partial charge in [-0.3, -0.25) is 4.79 Å². The van der Waals surface area contributed by atoms with Crippen LogP contribution in [0.15, 0.2) is 12.1 Å². The molecule has 2 heterocycles. The minimum atomic E-state index is -0.300. The van der Waals surface area contributed by atoms with Gasteiger partial charge in [-0.25, -0.2) is 4.98 Å². The van der Waals surface area contributed by atoms with Crippen molar-refractivity contribution < 1.29 is 9.53 Å². The molecule has 1 aliphatic heterocycles. The number of nitrogens with two attached hydrogens (primary N) is 1. The van der Waals surface area contributed by atoms with Gasteiger partial charge in [0.1, 0.15) is 5.82 Å². The molecule has 0 aromatic carbocycles. The van der Waals surface area contributed by atoms with Crippen molar-refractivity contribution >= 4 is 11.7 Å². The van der Waals surface area contributed by atoms with Gasteiger partial charge in [0.05, 0.1) is 12.1 Å². The zero-order valence-corrected chi connectivity index (χ0v) is 12.4. The summed E-state index contributed by atoms with van der Waals surface area (Å²) in [6, 6.07) is 3.43. The summed E-state index contributed by atoms with van der Waals surface area (Å²) in [6.45, 7) is 7.39. The van der Waals surface area contributed by atoms with Crippen LogP contribution in [0.4, 0.5) is 5.82 Å². The van der Waals surface area contributed by atoms with Crippen molar-refractivity contribution in [1.82, 2.24) is 10.3 Å². The largest absolute Gasteiger partial charge is 0.384 e. The molecular formula is C15H23N3O2. The monoisotopic (exact) mass is 277 g/mol. The molecule has 0 aliphatic carbocycles. The number of nitrogens with zero attached hydrogens (tertiary/aromatic N) is 1. The minimum absolute atomic E-state index is 0.117. The second-order valence-corrected chi connectivity index (χ2v) is 6.03. The van der Waals surface area contributed by atoms with Crippen LogP contribution in [0.5, 0.6) is 0 Å². The van der Waals surface area contributed by atoms with Crippen LogP contribution in [0.2, 0.25) is 0 Å². The molecule has 1 fully saturated rings. The van der Waals surface area contributed by atoms with Crippen LogP contribution >= 0.6 is 0 Å². The first kappa shape index (κ1) is 14.8. The summed E-state index contributed by atoms with van der Waals surface area (Å²) in [7, 11) is 0. The molecule has 1 saturated heterocycles. The number of anilines is 1. The normalized spacial score (nSPS) is 22.8. The average molecular weight is 277 g/mol. The maximum absolute atomic E-state index is 12.4. The molecule has 1 aliphatic rings. The van der Waals surface area contributed by atoms with E-state index in [1.54, 1.807) is 6.07 Å². The standard InChI is InChI=1S/C15H23N3O2/c1-10(2)12-7-11(8-13(16)17-12)14(19)18-15(3)5-4-6-20-9-15/h7-8,10H,4-6,9H2,1-3H3,(H2,16,17)(H,18,19). The van der Waals surface area contributed by atoms with Crippen molar-refractivity contribution in [3.63, 3.8) is 0 Å². The van der Waals surface area contributed by atoms with Crippen LogP contribution in [-0.4, -0.2) is 29.6 Å². The van der Waals surface area contributed by atoms with E-state index >= 15 is 0 Å². The second-order valence-electron chi connectivity index (χ2n) is 6.03. The maximum Gasteiger partial charge on any atom is 0.251 e. The number of hydrogen-bond donors (Lipinski definition) is 2. The second kappa shape index (κ2) is 5.79. The van der Waals surface area contributed by atoms with E-state index in [1.807, 2.05) is 26.8 Å². The first-order chi connectivity index (χ1) is 9.39. The van der Waals surface area contributed by atoms with E-state index < -0.39 is 0 Å². The summed E-state index contributed by atoms with van der Waals surface area (Å²) in [5, 5.41) is 3.06. The molecule has 5 nitrogen and oxygen atoms in total. The highest BCUT2D eigenvalue weighted by Gasteiger charge is 2.29. The average Bonchev–Trinajstić information content (AvgIpc) is 2.38. The summed E-state index contributed by atoms with van der Waals surface area (Å²) in [6.07, 6.45) is 1.89. The summed E-state index contributed by atoms with van der Waals surface area (Å²) in [4.78, 5) is 16.6. The summed E-state index contributed by atoms with van der Waals surface area (Å²) in [5.74, 6) is 0.499. The van der Waals surface area contributed by atoms with E-state index in [4.69, 9.17) is 10.5 Å². The van der Waals surface area contributed by atoms with E-state index in [9.17, 15) is 4.79 Å². The van der Waals surface area contributed by atoms with Crippen LogP contribution in [0.25, 0.3) is 0 Å². The van der Waals surface area contributed by atoms with Crippen molar-refractivity contribution in [2.75, 3.05) is 18.9 Å². The molecule has 2 rings (SSSR count). The number of carbonyl (C=O) groups is 1. The molecule has 0 radical (unpaired) electrons. The van der Waals surface area contributed by atoms with E-state index in [1.165, 1.54) is 0 Å². The first-order valence-corrected chi connectivity index (χ1v) is 7.07. The van der Waals surface area contributed by atoms with Crippen molar-refractivity contribution in [3.8, 4) is 0 Å². The van der Waals surface area contributed by atoms with Crippen LogP contribution < -0.4 is 11.1 Å². The molecule has 1 atom stereocenters. The van der Waals surface area contributed by atoms with Gasteiger partial charge in [0.2, 0.25) is 0 Å². The lowest BCUT2D eigenvalue weighted by Crippen LogP contribution is -2.51. The topological polar surface area (TPSA) is 77.2 Å².